The van der Waals surface area contributed by atoms with Gasteiger partial charge in [-0.2, -0.15) is 0 Å². The Morgan fingerprint density at radius 3 is 2.40 bits per heavy atom. The third-order valence-corrected chi connectivity index (χ3v) is 5.15. The van der Waals surface area contributed by atoms with Gasteiger partial charge in [0, 0.05) is 18.7 Å². The summed E-state index contributed by atoms with van der Waals surface area (Å²) in [6, 6.07) is 17.7. The maximum absolute atomic E-state index is 13.4. The maximum Gasteiger partial charge on any atom is 0.233 e. The van der Waals surface area contributed by atoms with Crippen molar-refractivity contribution in [2.24, 2.45) is 0 Å². The van der Waals surface area contributed by atoms with Crippen LogP contribution in [0.1, 0.15) is 30.4 Å². The highest BCUT2D eigenvalue weighted by Gasteiger charge is 2.47. The molecule has 4 heteroatoms. The zero-order valence-electron chi connectivity index (χ0n) is 14.6. The number of carbonyl (C=O) groups is 1. The number of methoxy groups -OCH3 is 1. The summed E-state index contributed by atoms with van der Waals surface area (Å²) >= 11 is 0. The average Bonchev–Trinajstić information content (AvgIpc) is 2.61. The Bertz CT molecular complexity index is 710. The first-order chi connectivity index (χ1) is 12.2. The first-order valence-corrected chi connectivity index (χ1v) is 8.79. The zero-order valence-corrected chi connectivity index (χ0v) is 14.6. The van der Waals surface area contributed by atoms with E-state index < -0.39 is 5.41 Å². The van der Waals surface area contributed by atoms with Crippen LogP contribution in [0.15, 0.2) is 54.6 Å². The van der Waals surface area contributed by atoms with Gasteiger partial charge in [0.15, 0.2) is 0 Å². The van der Waals surface area contributed by atoms with E-state index in [1.54, 1.807) is 12.0 Å². The van der Waals surface area contributed by atoms with Crippen LogP contribution >= 0.6 is 0 Å². The Morgan fingerprint density at radius 1 is 1.12 bits per heavy atom. The molecule has 0 unspecified atom stereocenters. The molecule has 25 heavy (non-hydrogen) atoms. The number of carbonyl (C=O) groups excluding carboxylic acids is 1. The van der Waals surface area contributed by atoms with Gasteiger partial charge in [0.25, 0.3) is 0 Å². The summed E-state index contributed by atoms with van der Waals surface area (Å²) in [6.07, 6.45) is 2.79. The summed E-state index contributed by atoms with van der Waals surface area (Å²) in [6.45, 7) is 0.717. The minimum atomic E-state index is -0.446. The summed E-state index contributed by atoms with van der Waals surface area (Å²) in [5, 5.41) is 9.49. The van der Waals surface area contributed by atoms with Gasteiger partial charge < -0.3 is 14.7 Å². The number of nitrogens with zero attached hydrogens (tertiary/aromatic N) is 1. The Hall–Kier alpha value is -2.33. The molecule has 0 bridgehead atoms. The fourth-order valence-electron chi connectivity index (χ4n) is 3.63. The lowest BCUT2D eigenvalue weighted by Crippen LogP contribution is -2.51. The lowest BCUT2D eigenvalue weighted by atomic mass is 9.63. The molecule has 132 valence electrons. The highest BCUT2D eigenvalue weighted by Crippen LogP contribution is 2.45. The fourth-order valence-corrected chi connectivity index (χ4v) is 3.63. The van der Waals surface area contributed by atoms with Gasteiger partial charge in [-0.25, -0.2) is 0 Å². The highest BCUT2D eigenvalue weighted by atomic mass is 16.5. The Balaban J connectivity index is 1.88. The van der Waals surface area contributed by atoms with Crippen molar-refractivity contribution in [2.75, 3.05) is 20.3 Å². The van der Waals surface area contributed by atoms with Crippen molar-refractivity contribution < 1.29 is 14.6 Å². The van der Waals surface area contributed by atoms with Crippen molar-refractivity contribution in [3.8, 4) is 5.75 Å². The molecule has 0 aliphatic heterocycles. The molecule has 1 aliphatic rings. The molecule has 3 rings (SSSR count). The number of para-hydroxylation sites is 1. The Kier molecular flexibility index (Phi) is 5.39. The number of aliphatic hydroxyl groups is 1. The monoisotopic (exact) mass is 339 g/mol. The van der Waals surface area contributed by atoms with E-state index in [-0.39, 0.29) is 12.5 Å². The van der Waals surface area contributed by atoms with E-state index in [0.717, 1.165) is 36.1 Å². The quantitative estimate of drug-likeness (QED) is 0.843. The molecule has 1 saturated carbocycles. The second kappa shape index (κ2) is 7.70. The molecule has 4 nitrogen and oxygen atoms in total. The summed E-state index contributed by atoms with van der Waals surface area (Å²) in [5.74, 6) is 0.866. The van der Waals surface area contributed by atoms with E-state index in [9.17, 15) is 9.90 Å². The van der Waals surface area contributed by atoms with Crippen LogP contribution in [0.25, 0.3) is 0 Å². The zero-order chi connectivity index (χ0) is 17.7. The molecule has 1 N–H and O–H groups in total. The first kappa shape index (κ1) is 17.5. The summed E-state index contributed by atoms with van der Waals surface area (Å²) in [7, 11) is 1.63. The third kappa shape index (κ3) is 3.40. The summed E-state index contributed by atoms with van der Waals surface area (Å²) < 4.78 is 5.41. The van der Waals surface area contributed by atoms with Crippen LogP contribution < -0.4 is 4.74 Å². The lowest BCUT2D eigenvalue weighted by molar-refractivity contribution is -0.142. The van der Waals surface area contributed by atoms with Crippen LogP contribution in [0.3, 0.4) is 0 Å². The summed E-state index contributed by atoms with van der Waals surface area (Å²) in [5.41, 5.74) is 1.59. The van der Waals surface area contributed by atoms with Crippen LogP contribution in [0.4, 0.5) is 0 Å². The number of rotatable bonds is 7. The van der Waals surface area contributed by atoms with E-state index in [0.29, 0.717) is 13.1 Å². The van der Waals surface area contributed by atoms with Crippen molar-refractivity contribution in [1.82, 2.24) is 4.90 Å². The van der Waals surface area contributed by atoms with Crippen LogP contribution in [-0.2, 0) is 16.8 Å². The Morgan fingerprint density at radius 2 is 1.80 bits per heavy atom. The van der Waals surface area contributed by atoms with Crippen LogP contribution in [-0.4, -0.2) is 36.2 Å². The second-order valence-electron chi connectivity index (χ2n) is 6.56. The second-order valence-corrected chi connectivity index (χ2v) is 6.56. The van der Waals surface area contributed by atoms with Gasteiger partial charge in [-0.1, -0.05) is 55.0 Å². The Labute approximate surface area is 149 Å². The van der Waals surface area contributed by atoms with E-state index in [1.165, 1.54) is 0 Å². The first-order valence-electron chi connectivity index (χ1n) is 8.79. The van der Waals surface area contributed by atoms with Crippen molar-refractivity contribution >= 4 is 5.91 Å². The van der Waals surface area contributed by atoms with Crippen molar-refractivity contribution in [3.63, 3.8) is 0 Å². The molecular weight excluding hydrogens is 314 g/mol. The predicted molar refractivity (Wildman–Crippen MR) is 97.5 cm³/mol. The van der Waals surface area contributed by atoms with Gasteiger partial charge in [-0.3, -0.25) is 4.79 Å². The predicted octanol–water partition coefficient (Wildman–Crippen LogP) is 3.14. The molecule has 1 fully saturated rings. The van der Waals surface area contributed by atoms with Crippen molar-refractivity contribution in [2.45, 2.75) is 31.2 Å². The SMILES string of the molecule is COc1ccccc1CN(CCO)C(=O)C1(c2ccccc2)CCC1. The molecular formula is C21H25NO3. The van der Waals surface area contributed by atoms with Crippen molar-refractivity contribution in [1.29, 1.82) is 0 Å². The number of hydrogen-bond acceptors (Lipinski definition) is 3. The van der Waals surface area contributed by atoms with Crippen LogP contribution in [0.5, 0.6) is 5.75 Å². The number of aliphatic hydroxyl groups excluding tert-OH is 1. The van der Waals surface area contributed by atoms with Crippen molar-refractivity contribution in [3.05, 3.63) is 65.7 Å². The topological polar surface area (TPSA) is 49.8 Å². The van der Waals surface area contributed by atoms with Gasteiger partial charge in [0.1, 0.15) is 5.75 Å². The largest absolute Gasteiger partial charge is 0.496 e. The normalized spacial score (nSPS) is 15.3. The smallest absolute Gasteiger partial charge is 0.233 e. The van der Waals surface area contributed by atoms with Gasteiger partial charge in [0.05, 0.1) is 19.1 Å². The molecule has 0 atom stereocenters. The fraction of sp³-hybridized carbons (Fsp3) is 0.381. The molecule has 0 spiro atoms. The van der Waals surface area contributed by atoms with Gasteiger partial charge in [-0.05, 0) is 24.5 Å². The molecule has 1 amide bonds. The summed E-state index contributed by atoms with van der Waals surface area (Å²) in [4.78, 5) is 15.2. The number of benzene rings is 2. The average molecular weight is 339 g/mol. The van der Waals surface area contributed by atoms with E-state index in [1.807, 2.05) is 54.6 Å². The minimum Gasteiger partial charge on any atom is -0.496 e. The molecule has 2 aromatic rings. The lowest BCUT2D eigenvalue weighted by Gasteiger charge is -2.44. The van der Waals surface area contributed by atoms with Crippen LogP contribution in [0.2, 0.25) is 0 Å². The molecule has 0 saturated heterocycles. The standard InChI is InChI=1S/C21H25NO3/c1-25-19-11-6-5-8-17(19)16-22(14-15-23)20(24)21(12-7-13-21)18-9-3-2-4-10-18/h2-6,8-11,23H,7,12-16H2,1H3. The minimum absolute atomic E-state index is 0.0498. The van der Waals surface area contributed by atoms with Gasteiger partial charge >= 0.3 is 0 Å². The number of ether oxygens (including phenoxy) is 1. The van der Waals surface area contributed by atoms with E-state index >= 15 is 0 Å². The molecule has 2 aromatic carbocycles. The van der Waals surface area contributed by atoms with Crippen LogP contribution in [0, 0.1) is 0 Å². The van der Waals surface area contributed by atoms with E-state index in [2.05, 4.69) is 0 Å². The molecule has 0 heterocycles. The van der Waals surface area contributed by atoms with E-state index in [4.69, 9.17) is 4.74 Å². The maximum atomic E-state index is 13.4. The number of amides is 1. The highest BCUT2D eigenvalue weighted by molar-refractivity contribution is 5.89. The van der Waals surface area contributed by atoms with Gasteiger partial charge in [-0.15, -0.1) is 0 Å². The molecule has 0 aromatic heterocycles. The molecule has 0 radical (unpaired) electrons. The third-order valence-electron chi connectivity index (χ3n) is 5.15. The molecule has 1 aliphatic carbocycles. The number of hydrogen-bond donors (Lipinski definition) is 1. The van der Waals surface area contributed by atoms with Gasteiger partial charge in [0.2, 0.25) is 5.91 Å².